The third kappa shape index (κ3) is 3.21. The second-order valence-corrected chi connectivity index (χ2v) is 5.97. The smallest absolute Gasteiger partial charge is 0.0349 e. The van der Waals surface area contributed by atoms with Crippen molar-refractivity contribution in [3.8, 4) is 0 Å². The molecular formula is C14H29N3. The predicted octanol–water partition coefficient (Wildman–Crippen LogP) is 1.53. The number of piperazine rings is 1. The van der Waals surface area contributed by atoms with Crippen LogP contribution in [0.25, 0.3) is 0 Å². The Labute approximate surface area is 106 Å². The molecule has 1 atom stereocenters. The van der Waals surface area contributed by atoms with Gasteiger partial charge < -0.3 is 10.6 Å². The minimum Gasteiger partial charge on any atom is -0.329 e. The Morgan fingerprint density at radius 1 is 1.12 bits per heavy atom. The summed E-state index contributed by atoms with van der Waals surface area (Å²) in [6.07, 6.45) is 7.04. The molecule has 100 valence electrons. The molecule has 0 bridgehead atoms. The highest BCUT2D eigenvalue weighted by molar-refractivity contribution is 4.88. The van der Waals surface area contributed by atoms with E-state index in [-0.39, 0.29) is 0 Å². The summed E-state index contributed by atoms with van der Waals surface area (Å²) >= 11 is 0. The van der Waals surface area contributed by atoms with Crippen molar-refractivity contribution in [3.63, 3.8) is 0 Å². The van der Waals surface area contributed by atoms with Crippen LogP contribution in [-0.4, -0.2) is 55.1 Å². The third-order valence-corrected chi connectivity index (χ3v) is 4.87. The van der Waals surface area contributed by atoms with E-state index < -0.39 is 0 Å². The van der Waals surface area contributed by atoms with Crippen LogP contribution in [0.1, 0.15) is 39.0 Å². The summed E-state index contributed by atoms with van der Waals surface area (Å²) in [5.74, 6) is 0.995. The Bertz CT molecular complexity index is 224. The standard InChI is InChI=1S/C14H29N3/c1-3-12-4-6-13(7-5-12)17-9-8-16(2)11-14(17)10-15/h12-14H,3-11,15H2,1-2H3. The lowest BCUT2D eigenvalue weighted by Crippen LogP contribution is -2.58. The van der Waals surface area contributed by atoms with Crippen molar-refractivity contribution >= 4 is 0 Å². The average Bonchev–Trinajstić information content (AvgIpc) is 2.39. The maximum Gasteiger partial charge on any atom is 0.0349 e. The Kier molecular flexibility index (Phi) is 4.83. The normalized spacial score (nSPS) is 37.2. The molecular weight excluding hydrogens is 210 g/mol. The SMILES string of the molecule is CCC1CCC(N2CCN(C)CC2CN)CC1. The van der Waals surface area contributed by atoms with E-state index in [1.807, 2.05) is 0 Å². The van der Waals surface area contributed by atoms with Crippen molar-refractivity contribution in [2.75, 3.05) is 33.2 Å². The monoisotopic (exact) mass is 239 g/mol. The van der Waals surface area contributed by atoms with Gasteiger partial charge in [0.25, 0.3) is 0 Å². The summed E-state index contributed by atoms with van der Waals surface area (Å²) in [7, 11) is 2.22. The van der Waals surface area contributed by atoms with Gasteiger partial charge in [0.15, 0.2) is 0 Å². The number of nitrogens with zero attached hydrogens (tertiary/aromatic N) is 2. The molecule has 1 saturated carbocycles. The number of rotatable bonds is 3. The molecule has 0 aromatic heterocycles. The van der Waals surface area contributed by atoms with Gasteiger partial charge in [-0.3, -0.25) is 4.90 Å². The molecule has 0 amide bonds. The zero-order valence-electron chi connectivity index (χ0n) is 11.6. The van der Waals surface area contributed by atoms with E-state index in [9.17, 15) is 0 Å². The van der Waals surface area contributed by atoms with Gasteiger partial charge in [-0.15, -0.1) is 0 Å². The molecule has 2 rings (SSSR count). The Morgan fingerprint density at radius 2 is 1.82 bits per heavy atom. The number of hydrogen-bond acceptors (Lipinski definition) is 3. The maximum atomic E-state index is 5.95. The molecule has 1 saturated heterocycles. The second kappa shape index (κ2) is 6.17. The van der Waals surface area contributed by atoms with E-state index in [1.54, 1.807) is 0 Å². The first-order valence-corrected chi connectivity index (χ1v) is 7.39. The van der Waals surface area contributed by atoms with Gasteiger partial charge in [0.2, 0.25) is 0 Å². The van der Waals surface area contributed by atoms with Gasteiger partial charge in [-0.05, 0) is 38.6 Å². The topological polar surface area (TPSA) is 32.5 Å². The summed E-state index contributed by atoms with van der Waals surface area (Å²) < 4.78 is 0. The Balaban J connectivity index is 1.88. The number of hydrogen-bond donors (Lipinski definition) is 1. The summed E-state index contributed by atoms with van der Waals surface area (Å²) in [4.78, 5) is 5.14. The average molecular weight is 239 g/mol. The highest BCUT2D eigenvalue weighted by atomic mass is 15.3. The summed E-state index contributed by atoms with van der Waals surface area (Å²) in [5.41, 5.74) is 5.95. The van der Waals surface area contributed by atoms with Gasteiger partial charge in [0.1, 0.15) is 0 Å². The molecule has 17 heavy (non-hydrogen) atoms. The lowest BCUT2D eigenvalue weighted by Gasteiger charge is -2.46. The molecule has 1 unspecified atom stereocenters. The Hall–Kier alpha value is -0.120. The lowest BCUT2D eigenvalue weighted by atomic mass is 9.83. The van der Waals surface area contributed by atoms with Crippen LogP contribution in [0.2, 0.25) is 0 Å². The van der Waals surface area contributed by atoms with E-state index in [4.69, 9.17) is 5.73 Å². The molecule has 1 aliphatic carbocycles. The molecule has 0 radical (unpaired) electrons. The first-order valence-electron chi connectivity index (χ1n) is 7.39. The molecule has 3 heteroatoms. The molecule has 1 aliphatic heterocycles. The van der Waals surface area contributed by atoms with Crippen LogP contribution in [0.15, 0.2) is 0 Å². The predicted molar refractivity (Wildman–Crippen MR) is 73.1 cm³/mol. The van der Waals surface area contributed by atoms with Crippen molar-refractivity contribution in [2.45, 2.75) is 51.1 Å². The number of nitrogens with two attached hydrogens (primary N) is 1. The van der Waals surface area contributed by atoms with Crippen molar-refractivity contribution in [1.82, 2.24) is 9.80 Å². The van der Waals surface area contributed by atoms with Crippen LogP contribution in [0.4, 0.5) is 0 Å². The first-order chi connectivity index (χ1) is 8.24. The lowest BCUT2D eigenvalue weighted by molar-refractivity contribution is 0.0342. The van der Waals surface area contributed by atoms with Crippen molar-refractivity contribution in [2.24, 2.45) is 11.7 Å². The molecule has 3 nitrogen and oxygen atoms in total. The van der Waals surface area contributed by atoms with Crippen LogP contribution >= 0.6 is 0 Å². The molecule has 1 heterocycles. The van der Waals surface area contributed by atoms with E-state index >= 15 is 0 Å². The fourth-order valence-electron chi connectivity index (χ4n) is 3.60. The summed E-state index contributed by atoms with van der Waals surface area (Å²) in [6, 6.07) is 1.41. The van der Waals surface area contributed by atoms with Crippen LogP contribution < -0.4 is 5.73 Å². The fourth-order valence-corrected chi connectivity index (χ4v) is 3.60. The van der Waals surface area contributed by atoms with Gasteiger partial charge in [-0.1, -0.05) is 13.3 Å². The highest BCUT2D eigenvalue weighted by Gasteiger charge is 2.32. The van der Waals surface area contributed by atoms with Gasteiger partial charge in [-0.25, -0.2) is 0 Å². The maximum absolute atomic E-state index is 5.95. The molecule has 2 fully saturated rings. The quantitative estimate of drug-likeness (QED) is 0.811. The van der Waals surface area contributed by atoms with Crippen molar-refractivity contribution in [1.29, 1.82) is 0 Å². The van der Waals surface area contributed by atoms with Crippen LogP contribution in [0.3, 0.4) is 0 Å². The largest absolute Gasteiger partial charge is 0.329 e. The molecule has 2 N–H and O–H groups in total. The zero-order chi connectivity index (χ0) is 12.3. The summed E-state index contributed by atoms with van der Waals surface area (Å²) in [5, 5.41) is 0. The fraction of sp³-hybridized carbons (Fsp3) is 1.00. The van der Waals surface area contributed by atoms with Gasteiger partial charge in [-0.2, -0.15) is 0 Å². The summed E-state index contributed by atoms with van der Waals surface area (Å²) in [6.45, 7) is 6.75. The van der Waals surface area contributed by atoms with Crippen LogP contribution in [-0.2, 0) is 0 Å². The van der Waals surface area contributed by atoms with E-state index in [0.717, 1.165) is 25.0 Å². The first kappa shape index (κ1) is 13.3. The second-order valence-electron chi connectivity index (χ2n) is 5.97. The van der Waals surface area contributed by atoms with E-state index in [2.05, 4.69) is 23.8 Å². The zero-order valence-corrected chi connectivity index (χ0v) is 11.6. The highest BCUT2D eigenvalue weighted by Crippen LogP contribution is 2.30. The molecule has 0 aromatic rings. The van der Waals surface area contributed by atoms with Gasteiger partial charge in [0, 0.05) is 38.3 Å². The Morgan fingerprint density at radius 3 is 2.41 bits per heavy atom. The van der Waals surface area contributed by atoms with Gasteiger partial charge in [0.05, 0.1) is 0 Å². The molecule has 2 aliphatic rings. The van der Waals surface area contributed by atoms with Gasteiger partial charge >= 0.3 is 0 Å². The minimum atomic E-state index is 0.594. The van der Waals surface area contributed by atoms with Crippen LogP contribution in [0.5, 0.6) is 0 Å². The number of likely N-dealkylation sites (N-methyl/N-ethyl adjacent to an activating group) is 1. The van der Waals surface area contributed by atoms with Crippen molar-refractivity contribution < 1.29 is 0 Å². The minimum absolute atomic E-state index is 0.594. The van der Waals surface area contributed by atoms with Crippen molar-refractivity contribution in [3.05, 3.63) is 0 Å². The molecule has 0 aromatic carbocycles. The van der Waals surface area contributed by atoms with E-state index in [0.29, 0.717) is 6.04 Å². The molecule has 0 spiro atoms. The third-order valence-electron chi connectivity index (χ3n) is 4.87. The van der Waals surface area contributed by atoms with E-state index in [1.165, 1.54) is 45.2 Å². The van der Waals surface area contributed by atoms with Crippen LogP contribution in [0, 0.1) is 5.92 Å².